The van der Waals surface area contributed by atoms with Crippen molar-refractivity contribution in [3.05, 3.63) is 121 Å². The van der Waals surface area contributed by atoms with Crippen LogP contribution in [0.4, 0.5) is 17.1 Å². The largest absolute Gasteiger partial charge is 0.453 e. The molecule has 2 heterocycles. The Balaban J connectivity index is 1.57. The summed E-state index contributed by atoms with van der Waals surface area (Å²) in [5, 5.41) is 9.14. The van der Waals surface area contributed by atoms with Crippen LogP contribution in [-0.2, 0) is 0 Å². The van der Waals surface area contributed by atoms with E-state index in [0.717, 1.165) is 50.8 Å². The topological polar surface area (TPSA) is 49.2 Å². The highest BCUT2D eigenvalue weighted by Crippen LogP contribution is 2.52. The van der Waals surface area contributed by atoms with Crippen molar-refractivity contribution in [1.29, 1.82) is 5.26 Å². The summed E-state index contributed by atoms with van der Waals surface area (Å²) >= 11 is 0. The summed E-state index contributed by atoms with van der Waals surface area (Å²) in [7, 11) is 0. The van der Waals surface area contributed by atoms with Gasteiger partial charge in [0.25, 0.3) is 0 Å². The highest BCUT2D eigenvalue weighted by molar-refractivity contribution is 5.96. The van der Waals surface area contributed by atoms with Gasteiger partial charge in [-0.1, -0.05) is 66.7 Å². The van der Waals surface area contributed by atoms with E-state index < -0.39 is 0 Å². The molecule has 1 aliphatic heterocycles. The number of pyridine rings is 1. The fraction of sp³-hybridized carbons (Fsp3) is 0. The smallest absolute Gasteiger partial charge is 0.151 e. The summed E-state index contributed by atoms with van der Waals surface area (Å²) in [6.07, 6.45) is 1.76. The lowest BCUT2D eigenvalue weighted by atomic mass is 9.93. The third-order valence-electron chi connectivity index (χ3n) is 5.98. The molecule has 0 spiro atoms. The maximum atomic E-state index is 9.14. The van der Waals surface area contributed by atoms with Gasteiger partial charge < -0.3 is 9.64 Å². The molecule has 0 unspecified atom stereocenters. The first-order chi connectivity index (χ1) is 16.8. The highest BCUT2D eigenvalue weighted by atomic mass is 16.5. The van der Waals surface area contributed by atoms with E-state index in [0.29, 0.717) is 5.69 Å². The van der Waals surface area contributed by atoms with E-state index in [2.05, 4.69) is 64.5 Å². The Bertz CT molecular complexity index is 1500. The normalized spacial score (nSPS) is 11.7. The molecule has 0 radical (unpaired) electrons. The molecular formula is C30H19N3O. The van der Waals surface area contributed by atoms with Crippen molar-refractivity contribution in [2.24, 2.45) is 0 Å². The molecule has 160 valence electrons. The second-order valence-corrected chi connectivity index (χ2v) is 7.98. The second kappa shape index (κ2) is 8.23. The van der Waals surface area contributed by atoms with Gasteiger partial charge in [0.05, 0.1) is 17.1 Å². The molecule has 5 aromatic rings. The summed E-state index contributed by atoms with van der Waals surface area (Å²) < 4.78 is 6.21. The minimum Gasteiger partial charge on any atom is -0.453 e. The van der Waals surface area contributed by atoms with Crippen molar-refractivity contribution in [3.63, 3.8) is 0 Å². The predicted molar refractivity (Wildman–Crippen MR) is 135 cm³/mol. The van der Waals surface area contributed by atoms with Crippen LogP contribution in [0, 0.1) is 11.3 Å². The molecule has 4 nitrogen and oxygen atoms in total. The van der Waals surface area contributed by atoms with E-state index in [1.165, 1.54) is 0 Å². The van der Waals surface area contributed by atoms with Gasteiger partial charge in [-0.05, 0) is 53.6 Å². The third-order valence-corrected chi connectivity index (χ3v) is 5.98. The lowest BCUT2D eigenvalue weighted by Gasteiger charge is -2.34. The van der Waals surface area contributed by atoms with Crippen LogP contribution in [0.2, 0.25) is 0 Å². The zero-order valence-electron chi connectivity index (χ0n) is 18.2. The maximum absolute atomic E-state index is 9.14. The van der Waals surface area contributed by atoms with Crippen molar-refractivity contribution in [1.82, 2.24) is 4.98 Å². The summed E-state index contributed by atoms with van der Waals surface area (Å²) in [5.74, 6) is 1.64. The molecule has 0 aliphatic carbocycles. The number of ether oxygens (including phenoxy) is 1. The minimum atomic E-state index is 0.406. The fourth-order valence-electron chi connectivity index (χ4n) is 4.45. The zero-order valence-corrected chi connectivity index (χ0v) is 18.2. The predicted octanol–water partition coefficient (Wildman–Crippen LogP) is 7.86. The molecule has 0 fully saturated rings. The number of nitrogens with zero attached hydrogens (tertiary/aromatic N) is 3. The van der Waals surface area contributed by atoms with Crippen molar-refractivity contribution < 1.29 is 4.74 Å². The van der Waals surface area contributed by atoms with Crippen LogP contribution in [-0.4, -0.2) is 4.98 Å². The number of nitriles is 1. The minimum absolute atomic E-state index is 0.406. The molecule has 0 atom stereocenters. The zero-order chi connectivity index (χ0) is 22.9. The first-order valence-corrected chi connectivity index (χ1v) is 11.0. The molecule has 34 heavy (non-hydrogen) atoms. The van der Waals surface area contributed by atoms with E-state index in [9.17, 15) is 0 Å². The molecular weight excluding hydrogens is 418 g/mol. The number of aromatic nitrogens is 1. The van der Waals surface area contributed by atoms with Gasteiger partial charge in [0, 0.05) is 17.3 Å². The van der Waals surface area contributed by atoms with Crippen molar-refractivity contribution in [2.45, 2.75) is 0 Å². The Morgan fingerprint density at radius 2 is 1.15 bits per heavy atom. The molecule has 6 rings (SSSR count). The van der Waals surface area contributed by atoms with Crippen molar-refractivity contribution in [2.75, 3.05) is 4.90 Å². The summed E-state index contributed by atoms with van der Waals surface area (Å²) in [6, 6.07) is 38.7. The summed E-state index contributed by atoms with van der Waals surface area (Å²) in [6.45, 7) is 0. The molecule has 0 saturated heterocycles. The van der Waals surface area contributed by atoms with Gasteiger partial charge in [-0.15, -0.1) is 0 Å². The quantitative estimate of drug-likeness (QED) is 0.283. The monoisotopic (exact) mass is 437 g/mol. The van der Waals surface area contributed by atoms with Crippen LogP contribution in [0.1, 0.15) is 5.69 Å². The number of hydrogen-bond donors (Lipinski definition) is 0. The molecule has 0 amide bonds. The van der Waals surface area contributed by atoms with Crippen LogP contribution in [0.3, 0.4) is 0 Å². The Morgan fingerprint density at radius 3 is 1.76 bits per heavy atom. The Morgan fingerprint density at radius 1 is 0.588 bits per heavy atom. The van der Waals surface area contributed by atoms with Crippen molar-refractivity contribution >= 4 is 17.1 Å². The molecule has 1 aromatic heterocycles. The van der Waals surface area contributed by atoms with Crippen LogP contribution < -0.4 is 9.64 Å². The average molecular weight is 438 g/mol. The first kappa shape index (κ1) is 19.8. The van der Waals surface area contributed by atoms with E-state index in [-0.39, 0.29) is 0 Å². The second-order valence-electron chi connectivity index (χ2n) is 7.98. The van der Waals surface area contributed by atoms with Gasteiger partial charge in [-0.2, -0.15) is 5.26 Å². The van der Waals surface area contributed by atoms with Gasteiger partial charge in [-0.3, -0.25) is 0 Å². The number of fused-ring (bicyclic) bond motifs is 2. The Hall–Kier alpha value is -4.88. The van der Waals surface area contributed by atoms with Crippen LogP contribution in [0.5, 0.6) is 11.5 Å². The SMILES string of the molecule is N#Cc1ccc(-c2ccccc2-c2ccccc2N2c3ccccc3Oc3ccccc32)cn1. The number of rotatable bonds is 3. The highest BCUT2D eigenvalue weighted by Gasteiger charge is 2.27. The third kappa shape index (κ3) is 3.28. The lowest BCUT2D eigenvalue weighted by molar-refractivity contribution is 0.477. The van der Waals surface area contributed by atoms with E-state index >= 15 is 0 Å². The molecule has 4 heteroatoms. The number of hydrogen-bond acceptors (Lipinski definition) is 4. The number of benzene rings is 4. The summed E-state index contributed by atoms with van der Waals surface area (Å²) in [5.41, 5.74) is 7.65. The Kier molecular flexibility index (Phi) is 4.79. The molecule has 0 bridgehead atoms. The molecule has 1 aliphatic rings. The number of para-hydroxylation sites is 5. The average Bonchev–Trinajstić information content (AvgIpc) is 2.92. The van der Waals surface area contributed by atoms with E-state index in [1.54, 1.807) is 12.3 Å². The van der Waals surface area contributed by atoms with Crippen LogP contribution in [0.15, 0.2) is 115 Å². The number of anilines is 3. The van der Waals surface area contributed by atoms with Gasteiger partial charge in [0.15, 0.2) is 11.5 Å². The summed E-state index contributed by atoms with van der Waals surface area (Å²) in [4.78, 5) is 6.55. The van der Waals surface area contributed by atoms with Gasteiger partial charge in [-0.25, -0.2) is 4.98 Å². The van der Waals surface area contributed by atoms with Crippen molar-refractivity contribution in [3.8, 4) is 39.8 Å². The van der Waals surface area contributed by atoms with E-state index in [4.69, 9.17) is 10.00 Å². The fourth-order valence-corrected chi connectivity index (χ4v) is 4.45. The van der Waals surface area contributed by atoms with Gasteiger partial charge in [0.1, 0.15) is 11.8 Å². The van der Waals surface area contributed by atoms with Crippen LogP contribution in [0.25, 0.3) is 22.3 Å². The standard InChI is InChI=1S/C30H19N3O/c31-19-22-18-17-21(20-32-22)23-9-1-2-10-24(23)25-11-3-4-12-26(25)33-27-13-5-7-15-29(27)34-30-16-8-6-14-28(30)33/h1-18,20H. The van der Waals surface area contributed by atoms with Crippen LogP contribution >= 0.6 is 0 Å². The van der Waals surface area contributed by atoms with E-state index in [1.807, 2.05) is 54.6 Å². The van der Waals surface area contributed by atoms with Gasteiger partial charge in [0.2, 0.25) is 0 Å². The maximum Gasteiger partial charge on any atom is 0.151 e. The first-order valence-electron chi connectivity index (χ1n) is 11.0. The van der Waals surface area contributed by atoms with Gasteiger partial charge >= 0.3 is 0 Å². The Labute approximate surface area is 198 Å². The molecule has 0 saturated carbocycles. The lowest BCUT2D eigenvalue weighted by Crippen LogP contribution is -2.16. The molecule has 4 aromatic carbocycles. The molecule has 0 N–H and O–H groups in total.